The van der Waals surface area contributed by atoms with E-state index in [4.69, 9.17) is 15.3 Å². The van der Waals surface area contributed by atoms with Gasteiger partial charge in [-0.15, -0.1) is 10.1 Å². The van der Waals surface area contributed by atoms with Crippen LogP contribution < -0.4 is 37.2 Å². The molecule has 0 unspecified atom stereocenters. The van der Waals surface area contributed by atoms with Gasteiger partial charge >= 0.3 is 17.4 Å². The van der Waals surface area contributed by atoms with Crippen LogP contribution in [0.15, 0.2) is 0 Å². The van der Waals surface area contributed by atoms with E-state index in [1.54, 1.807) is 0 Å². The third-order valence-electron chi connectivity index (χ3n) is 0. The molecule has 0 rings (SSSR count). The van der Waals surface area contributed by atoms with E-state index in [9.17, 15) is 0 Å². The Bertz CT molecular complexity index is 37.5. The van der Waals surface area contributed by atoms with Gasteiger partial charge in [0.2, 0.25) is 0 Å². The van der Waals surface area contributed by atoms with Crippen LogP contribution in [0.2, 0.25) is 0 Å². The largest absolute Gasteiger partial charge is 3.00 e. The van der Waals surface area contributed by atoms with E-state index in [1.165, 1.54) is 0 Å². The Morgan fingerprint density at radius 3 is 1.25 bits per heavy atom. The van der Waals surface area contributed by atoms with E-state index >= 15 is 0 Å². The van der Waals surface area contributed by atoms with Gasteiger partial charge in [-0.2, -0.15) is 0 Å². The van der Waals surface area contributed by atoms with Crippen molar-refractivity contribution in [3.63, 3.8) is 0 Å². The molecule has 8 heavy (non-hydrogen) atoms. The first-order valence-electron chi connectivity index (χ1n) is 0.565. The van der Waals surface area contributed by atoms with Crippen LogP contribution in [0, 0.1) is 10.1 Å². The van der Waals surface area contributed by atoms with Gasteiger partial charge < -0.3 is 42.4 Å². The van der Waals surface area contributed by atoms with E-state index in [0.29, 0.717) is 0 Å². The Morgan fingerprint density at radius 1 is 1.25 bits per heavy atom. The van der Waals surface area contributed by atoms with Gasteiger partial charge in [0, 0.05) is 0 Å². The van der Waals surface area contributed by atoms with Crippen LogP contribution in [0.3, 0.4) is 0 Å². The molecule has 1 N–H and O–H groups in total. The SMILES string of the molecule is O=[N+]([O-])O.[Cl-].[Cl-].[Cl-].[Cr+3]. The second kappa shape index (κ2) is 25.5. The molecule has 0 fully saturated rings. The number of halogens is 3. The summed E-state index contributed by atoms with van der Waals surface area (Å²) in [4.78, 5) is 8.36. The van der Waals surface area contributed by atoms with Crippen LogP contribution in [0.5, 0.6) is 0 Å². The summed E-state index contributed by atoms with van der Waals surface area (Å²) in [6, 6.07) is 0. The fourth-order valence-electron chi connectivity index (χ4n) is 0. The second-order valence-corrected chi connectivity index (χ2v) is 0.238. The van der Waals surface area contributed by atoms with Crippen LogP contribution in [-0.4, -0.2) is 10.3 Å². The molecule has 0 heterocycles. The van der Waals surface area contributed by atoms with Crippen molar-refractivity contribution < 1.29 is 64.9 Å². The van der Waals surface area contributed by atoms with Crippen LogP contribution in [-0.2, 0) is 17.4 Å². The summed E-state index contributed by atoms with van der Waals surface area (Å²) in [7, 11) is 0. The summed E-state index contributed by atoms with van der Waals surface area (Å²) < 4.78 is 0. The quantitative estimate of drug-likeness (QED) is 0.326. The molecule has 0 saturated carbocycles. The van der Waals surface area contributed by atoms with E-state index in [1.807, 2.05) is 0 Å². The molecule has 8 heteroatoms. The Kier molecular flexibility index (Phi) is 122. The van der Waals surface area contributed by atoms with Gasteiger partial charge in [-0.05, 0) is 0 Å². The number of hydrogen-bond acceptors (Lipinski definition) is 2. The molecule has 0 aliphatic rings. The summed E-state index contributed by atoms with van der Waals surface area (Å²) in [5, 5.41) is 13.6. The molecule has 0 amide bonds. The van der Waals surface area contributed by atoms with Gasteiger partial charge in [0.05, 0.1) is 0 Å². The van der Waals surface area contributed by atoms with Gasteiger partial charge in [0.1, 0.15) is 0 Å². The summed E-state index contributed by atoms with van der Waals surface area (Å²) in [5.74, 6) is 0. The molecule has 4 nitrogen and oxygen atoms in total. The monoisotopic (exact) mass is 220 g/mol. The number of nitrogens with zero attached hydrogens (tertiary/aromatic N) is 1. The van der Waals surface area contributed by atoms with Crippen molar-refractivity contribution in [3.8, 4) is 0 Å². The van der Waals surface area contributed by atoms with Gasteiger partial charge in [-0.25, -0.2) is 0 Å². The maximum Gasteiger partial charge on any atom is 3.00 e. The number of hydrogen-bond donors (Lipinski definition) is 1. The first-order valence-corrected chi connectivity index (χ1v) is 0.565. The Balaban J connectivity index is -0.00000000750. The van der Waals surface area contributed by atoms with Crippen molar-refractivity contribution in [2.75, 3.05) is 0 Å². The Morgan fingerprint density at radius 2 is 1.25 bits per heavy atom. The minimum Gasteiger partial charge on any atom is -1.00 e. The smallest absolute Gasteiger partial charge is 1.00 e. The molecule has 0 spiro atoms. The van der Waals surface area contributed by atoms with Crippen molar-refractivity contribution in [2.45, 2.75) is 0 Å². The van der Waals surface area contributed by atoms with E-state index in [2.05, 4.69) is 0 Å². The zero-order valence-electron chi connectivity index (χ0n) is 3.25. The first-order chi connectivity index (χ1) is 1.73. The van der Waals surface area contributed by atoms with Crippen molar-refractivity contribution in [2.24, 2.45) is 0 Å². The molecule has 0 aromatic heterocycles. The molecule has 0 atom stereocenters. The van der Waals surface area contributed by atoms with Crippen molar-refractivity contribution in [1.29, 1.82) is 0 Å². The third kappa shape index (κ3) is 571. The fourth-order valence-corrected chi connectivity index (χ4v) is 0. The van der Waals surface area contributed by atoms with E-state index in [0.717, 1.165) is 0 Å². The van der Waals surface area contributed by atoms with Crippen LogP contribution in [0.4, 0.5) is 0 Å². The molecular formula is HCl3CrNO3. The Labute approximate surface area is 75.1 Å². The second-order valence-electron chi connectivity index (χ2n) is 0.238. The maximum absolute atomic E-state index is 8.36. The maximum atomic E-state index is 8.36. The Hall–Kier alpha value is 0.602. The van der Waals surface area contributed by atoms with Crippen LogP contribution >= 0.6 is 0 Å². The molecule has 0 aromatic carbocycles. The van der Waals surface area contributed by atoms with Gasteiger partial charge in [0.15, 0.2) is 0 Å². The fraction of sp³-hybridized carbons (Fsp3) is 0. The van der Waals surface area contributed by atoms with E-state index < -0.39 is 5.09 Å². The van der Waals surface area contributed by atoms with Crippen molar-refractivity contribution in [3.05, 3.63) is 10.1 Å². The standard InChI is InChI=1S/3ClH.Cr.HNO3/c;;;;2-1(3)4/h3*1H;;(H,2,3,4)/q;;;+3;/p-3. The molecule has 0 bridgehead atoms. The minimum absolute atomic E-state index is 0. The molecular weight excluding hydrogens is 220 g/mol. The average molecular weight is 221 g/mol. The molecule has 0 aromatic rings. The first kappa shape index (κ1) is 38.3. The molecule has 1 radical (unpaired) electrons. The van der Waals surface area contributed by atoms with Gasteiger partial charge in [-0.1, -0.05) is 0 Å². The molecule has 0 aliphatic carbocycles. The molecule has 0 aliphatic heterocycles. The summed E-state index contributed by atoms with van der Waals surface area (Å²) in [6.45, 7) is 0. The summed E-state index contributed by atoms with van der Waals surface area (Å²) in [6.07, 6.45) is 0. The van der Waals surface area contributed by atoms with Crippen LogP contribution in [0.25, 0.3) is 0 Å². The predicted octanol–water partition coefficient (Wildman–Crippen LogP) is -9.34. The number of rotatable bonds is 0. The molecule has 0 saturated heterocycles. The summed E-state index contributed by atoms with van der Waals surface area (Å²) >= 11 is 0. The topological polar surface area (TPSA) is 63.4 Å². The zero-order valence-corrected chi connectivity index (χ0v) is 6.80. The van der Waals surface area contributed by atoms with Crippen molar-refractivity contribution >= 4 is 0 Å². The summed E-state index contributed by atoms with van der Waals surface area (Å²) in [5.41, 5.74) is 0. The van der Waals surface area contributed by atoms with Crippen LogP contribution in [0.1, 0.15) is 0 Å². The zero-order chi connectivity index (χ0) is 3.58. The van der Waals surface area contributed by atoms with E-state index in [-0.39, 0.29) is 54.6 Å². The third-order valence-corrected chi connectivity index (χ3v) is 0. The molecule has 51 valence electrons. The average Bonchev–Trinajstić information content (AvgIpc) is 0.811. The van der Waals surface area contributed by atoms with Gasteiger partial charge in [0.25, 0.3) is 5.09 Å². The van der Waals surface area contributed by atoms with Gasteiger partial charge in [-0.3, -0.25) is 0 Å². The predicted molar refractivity (Wildman–Crippen MR) is 8.78 cm³/mol. The van der Waals surface area contributed by atoms with Crippen molar-refractivity contribution in [1.82, 2.24) is 0 Å². The minimum atomic E-state index is -1.50. The normalized spacial score (nSPS) is 3.00.